The normalized spacial score (nSPS) is 10.7. The molecule has 0 aliphatic carbocycles. The highest BCUT2D eigenvalue weighted by molar-refractivity contribution is 9.10. The van der Waals surface area contributed by atoms with E-state index in [0.29, 0.717) is 27.0 Å². The van der Waals surface area contributed by atoms with Crippen LogP contribution in [0.3, 0.4) is 0 Å². The van der Waals surface area contributed by atoms with Gasteiger partial charge in [-0.3, -0.25) is 9.59 Å². The molecule has 1 amide bonds. The molecule has 0 spiro atoms. The summed E-state index contributed by atoms with van der Waals surface area (Å²) in [5.41, 5.74) is 1.35. The topological polar surface area (TPSA) is 79.2 Å². The zero-order valence-corrected chi connectivity index (χ0v) is 15.3. The van der Waals surface area contributed by atoms with E-state index < -0.39 is 5.91 Å². The Hall–Kier alpha value is -2.91. The van der Waals surface area contributed by atoms with Crippen LogP contribution in [0.25, 0.3) is 6.08 Å². The van der Waals surface area contributed by atoms with Gasteiger partial charge in [0, 0.05) is 5.56 Å². The quantitative estimate of drug-likeness (QED) is 0.464. The highest BCUT2D eigenvalue weighted by Gasteiger charge is 2.13. The van der Waals surface area contributed by atoms with Crippen molar-refractivity contribution in [2.45, 2.75) is 6.92 Å². The van der Waals surface area contributed by atoms with Gasteiger partial charge in [-0.1, -0.05) is 18.2 Å². The van der Waals surface area contributed by atoms with Crippen LogP contribution >= 0.6 is 15.9 Å². The molecule has 2 aromatic rings. The van der Waals surface area contributed by atoms with Crippen LogP contribution in [0.5, 0.6) is 5.75 Å². The summed E-state index contributed by atoms with van der Waals surface area (Å²) in [6.07, 6.45) is 1.47. The fourth-order valence-corrected chi connectivity index (χ4v) is 2.73. The number of methoxy groups -OCH3 is 1. The van der Waals surface area contributed by atoms with Gasteiger partial charge >= 0.3 is 0 Å². The SMILES string of the molecule is COc1ccc(/C=C(/C#N)C(=O)Nc2ccccc2C(C)=O)cc1Br. The molecule has 0 saturated carbocycles. The van der Waals surface area contributed by atoms with Gasteiger partial charge in [-0.25, -0.2) is 0 Å². The predicted octanol–water partition coefficient (Wildman–Crippen LogP) is 4.21. The van der Waals surface area contributed by atoms with Crippen molar-refractivity contribution >= 4 is 39.4 Å². The Morgan fingerprint density at radius 1 is 1.24 bits per heavy atom. The van der Waals surface area contributed by atoms with Crippen molar-refractivity contribution in [2.75, 3.05) is 12.4 Å². The minimum Gasteiger partial charge on any atom is -0.496 e. The van der Waals surface area contributed by atoms with E-state index in [0.717, 1.165) is 0 Å². The maximum absolute atomic E-state index is 12.4. The van der Waals surface area contributed by atoms with Gasteiger partial charge in [-0.15, -0.1) is 0 Å². The molecule has 1 N–H and O–H groups in total. The molecule has 0 radical (unpaired) electrons. The van der Waals surface area contributed by atoms with Gasteiger partial charge < -0.3 is 10.1 Å². The molecule has 6 heteroatoms. The number of rotatable bonds is 5. The molecule has 0 aliphatic heterocycles. The average Bonchev–Trinajstić information content (AvgIpc) is 2.60. The standard InChI is InChI=1S/C19H15BrN2O3/c1-12(23)15-5-3-4-6-17(15)22-19(24)14(11-21)9-13-7-8-18(25-2)16(20)10-13/h3-10H,1-2H3,(H,22,24)/b14-9-. The second-order valence-electron chi connectivity index (χ2n) is 5.12. The number of hydrogen-bond acceptors (Lipinski definition) is 4. The summed E-state index contributed by atoms with van der Waals surface area (Å²) in [5, 5.41) is 11.9. The molecule has 0 unspecified atom stereocenters. The first-order chi connectivity index (χ1) is 12.0. The van der Waals surface area contributed by atoms with E-state index in [4.69, 9.17) is 4.74 Å². The van der Waals surface area contributed by atoms with Crippen LogP contribution in [-0.4, -0.2) is 18.8 Å². The summed E-state index contributed by atoms with van der Waals surface area (Å²) in [5.74, 6) is -0.101. The lowest BCUT2D eigenvalue weighted by Gasteiger charge is -2.08. The number of ketones is 1. The second kappa shape index (κ2) is 8.27. The maximum Gasteiger partial charge on any atom is 0.266 e. The van der Waals surface area contributed by atoms with E-state index in [1.807, 2.05) is 6.07 Å². The summed E-state index contributed by atoms with van der Waals surface area (Å²) in [7, 11) is 1.55. The first kappa shape index (κ1) is 18.4. The Morgan fingerprint density at radius 2 is 1.96 bits per heavy atom. The van der Waals surface area contributed by atoms with Crippen molar-refractivity contribution in [2.24, 2.45) is 0 Å². The molecule has 2 aromatic carbocycles. The van der Waals surface area contributed by atoms with Gasteiger partial charge in [0.15, 0.2) is 5.78 Å². The molecule has 126 valence electrons. The highest BCUT2D eigenvalue weighted by atomic mass is 79.9. The summed E-state index contributed by atoms with van der Waals surface area (Å²) >= 11 is 3.36. The fraction of sp³-hybridized carbons (Fsp3) is 0.105. The van der Waals surface area contributed by atoms with Gasteiger partial charge in [0.25, 0.3) is 5.91 Å². The van der Waals surface area contributed by atoms with Crippen LogP contribution < -0.4 is 10.1 Å². The molecule has 5 nitrogen and oxygen atoms in total. The predicted molar refractivity (Wildman–Crippen MR) is 99.4 cm³/mol. The van der Waals surface area contributed by atoms with Crippen molar-refractivity contribution in [3.8, 4) is 11.8 Å². The van der Waals surface area contributed by atoms with Crippen LogP contribution in [-0.2, 0) is 4.79 Å². The minimum atomic E-state index is -0.580. The molecular formula is C19H15BrN2O3. The van der Waals surface area contributed by atoms with Gasteiger partial charge in [0.05, 0.1) is 17.3 Å². The Balaban J connectivity index is 2.29. The van der Waals surface area contributed by atoms with Gasteiger partial charge in [-0.2, -0.15) is 5.26 Å². The van der Waals surface area contributed by atoms with E-state index in [1.54, 1.807) is 49.6 Å². The minimum absolute atomic E-state index is 0.0737. The first-order valence-corrected chi connectivity index (χ1v) is 8.12. The number of nitrogens with zero attached hydrogens (tertiary/aromatic N) is 1. The van der Waals surface area contributed by atoms with Gasteiger partial charge in [-0.05, 0) is 58.8 Å². The lowest BCUT2D eigenvalue weighted by Crippen LogP contribution is -2.15. The number of nitrogens with one attached hydrogen (secondary N) is 1. The number of ether oxygens (including phenoxy) is 1. The maximum atomic E-state index is 12.4. The van der Waals surface area contributed by atoms with E-state index in [9.17, 15) is 14.9 Å². The third-order valence-corrected chi connectivity index (χ3v) is 4.03. The number of nitriles is 1. The number of anilines is 1. The third-order valence-electron chi connectivity index (χ3n) is 3.41. The molecule has 25 heavy (non-hydrogen) atoms. The van der Waals surface area contributed by atoms with E-state index >= 15 is 0 Å². The molecule has 2 rings (SSSR count). The Bertz CT molecular complexity index is 898. The fourth-order valence-electron chi connectivity index (χ4n) is 2.18. The molecule has 0 fully saturated rings. The molecule has 0 saturated heterocycles. The number of hydrogen-bond donors (Lipinski definition) is 1. The second-order valence-corrected chi connectivity index (χ2v) is 5.97. The van der Waals surface area contributed by atoms with Gasteiger partial charge in [0.2, 0.25) is 0 Å². The number of para-hydroxylation sites is 1. The summed E-state index contributed by atoms with van der Waals surface area (Å²) in [4.78, 5) is 24.0. The molecule has 0 aliphatic rings. The molecular weight excluding hydrogens is 384 g/mol. The summed E-state index contributed by atoms with van der Waals surface area (Å²) < 4.78 is 5.86. The van der Waals surface area contributed by atoms with Crippen LogP contribution in [0.15, 0.2) is 52.5 Å². The first-order valence-electron chi connectivity index (χ1n) is 7.33. The van der Waals surface area contributed by atoms with Crippen LogP contribution in [0.1, 0.15) is 22.8 Å². The van der Waals surface area contributed by atoms with Crippen molar-refractivity contribution in [1.82, 2.24) is 0 Å². The largest absolute Gasteiger partial charge is 0.496 e. The molecule has 0 heterocycles. The smallest absolute Gasteiger partial charge is 0.266 e. The summed E-state index contributed by atoms with van der Waals surface area (Å²) in [6, 6.07) is 13.7. The van der Waals surface area contributed by atoms with Crippen molar-refractivity contribution in [3.05, 3.63) is 63.6 Å². The van der Waals surface area contributed by atoms with Crippen molar-refractivity contribution < 1.29 is 14.3 Å². The van der Waals surface area contributed by atoms with E-state index in [-0.39, 0.29) is 11.4 Å². The summed E-state index contributed by atoms with van der Waals surface area (Å²) in [6.45, 7) is 1.42. The van der Waals surface area contributed by atoms with Crippen LogP contribution in [0, 0.1) is 11.3 Å². The van der Waals surface area contributed by atoms with E-state index in [2.05, 4.69) is 21.2 Å². The zero-order valence-electron chi connectivity index (χ0n) is 13.7. The van der Waals surface area contributed by atoms with Crippen molar-refractivity contribution in [3.63, 3.8) is 0 Å². The Kier molecular flexibility index (Phi) is 6.09. The molecule has 0 aromatic heterocycles. The zero-order chi connectivity index (χ0) is 18.4. The average molecular weight is 399 g/mol. The van der Waals surface area contributed by atoms with E-state index in [1.165, 1.54) is 13.0 Å². The lowest BCUT2D eigenvalue weighted by molar-refractivity contribution is -0.112. The third kappa shape index (κ3) is 4.55. The van der Waals surface area contributed by atoms with Crippen LogP contribution in [0.4, 0.5) is 5.69 Å². The van der Waals surface area contributed by atoms with Gasteiger partial charge in [0.1, 0.15) is 17.4 Å². The molecule has 0 atom stereocenters. The number of Topliss-reactive ketones (excluding diaryl/α,β-unsaturated/α-hetero) is 1. The lowest BCUT2D eigenvalue weighted by atomic mass is 10.1. The highest BCUT2D eigenvalue weighted by Crippen LogP contribution is 2.26. The number of amides is 1. The number of halogens is 1. The molecule has 0 bridgehead atoms. The number of carbonyl (C=O) groups is 2. The van der Waals surface area contributed by atoms with Crippen molar-refractivity contribution in [1.29, 1.82) is 5.26 Å². The van der Waals surface area contributed by atoms with Crippen LogP contribution in [0.2, 0.25) is 0 Å². The Labute approximate surface area is 154 Å². The Morgan fingerprint density at radius 3 is 2.56 bits per heavy atom. The number of carbonyl (C=O) groups excluding carboxylic acids is 2. The monoisotopic (exact) mass is 398 g/mol. The number of benzene rings is 2.